The Bertz CT molecular complexity index is 485. The van der Waals surface area contributed by atoms with Gasteiger partial charge in [-0.15, -0.1) is 0 Å². The highest BCUT2D eigenvalue weighted by atomic mass is 35.5. The van der Waals surface area contributed by atoms with Gasteiger partial charge in [-0.05, 0) is 12.5 Å². The minimum atomic E-state index is 0.442. The van der Waals surface area contributed by atoms with Crippen molar-refractivity contribution < 1.29 is 0 Å². The molecule has 0 spiro atoms. The molecule has 0 radical (unpaired) electrons. The Balaban J connectivity index is 1.85. The highest BCUT2D eigenvalue weighted by molar-refractivity contribution is 7.97. The molecule has 0 saturated heterocycles. The monoisotopic (exact) mass is 264 g/mol. The molecule has 0 bridgehead atoms. The van der Waals surface area contributed by atoms with Crippen LogP contribution in [0.15, 0.2) is 36.7 Å². The van der Waals surface area contributed by atoms with Gasteiger partial charge in [-0.3, -0.25) is 4.98 Å². The Labute approximate surface area is 110 Å². The van der Waals surface area contributed by atoms with Crippen LogP contribution in [-0.4, -0.2) is 9.97 Å². The summed E-state index contributed by atoms with van der Waals surface area (Å²) in [5.41, 5.74) is 3.61. The third-order valence-electron chi connectivity index (χ3n) is 2.27. The van der Waals surface area contributed by atoms with E-state index in [9.17, 15) is 0 Å². The highest BCUT2D eigenvalue weighted by Gasteiger charge is 1.98. The molecule has 0 aliphatic heterocycles. The first kappa shape index (κ1) is 12.4. The van der Waals surface area contributed by atoms with Crippen LogP contribution in [-0.2, 0) is 11.5 Å². The van der Waals surface area contributed by atoms with Crippen molar-refractivity contribution in [1.82, 2.24) is 9.97 Å². The van der Waals surface area contributed by atoms with Crippen molar-refractivity contribution in [3.8, 4) is 0 Å². The summed E-state index contributed by atoms with van der Waals surface area (Å²) in [7, 11) is 0. The second-order valence-electron chi connectivity index (χ2n) is 3.81. The summed E-state index contributed by atoms with van der Waals surface area (Å²) in [6.45, 7) is 2.11. The molecule has 17 heavy (non-hydrogen) atoms. The number of benzene rings is 1. The first-order valence-corrected chi connectivity index (χ1v) is 6.87. The van der Waals surface area contributed by atoms with Gasteiger partial charge >= 0.3 is 0 Å². The van der Waals surface area contributed by atoms with Crippen LogP contribution in [0.25, 0.3) is 0 Å². The molecule has 2 rings (SSSR count). The molecule has 1 heterocycles. The zero-order valence-electron chi connectivity index (χ0n) is 9.56. The summed E-state index contributed by atoms with van der Waals surface area (Å²) in [6, 6.07) is 8.56. The number of thioether (sulfide) groups is 1. The molecule has 0 saturated carbocycles. The van der Waals surface area contributed by atoms with Gasteiger partial charge in [0, 0.05) is 11.5 Å². The molecule has 1 aromatic heterocycles. The molecule has 88 valence electrons. The minimum absolute atomic E-state index is 0.442. The number of aryl methyl sites for hydroxylation is 1. The Morgan fingerprint density at radius 1 is 1.18 bits per heavy atom. The topological polar surface area (TPSA) is 25.8 Å². The van der Waals surface area contributed by atoms with Crippen molar-refractivity contribution in [3.05, 3.63) is 58.6 Å². The van der Waals surface area contributed by atoms with Crippen molar-refractivity contribution in [2.24, 2.45) is 0 Å². The number of aromatic nitrogens is 2. The fourth-order valence-electron chi connectivity index (χ4n) is 1.49. The van der Waals surface area contributed by atoms with E-state index in [0.29, 0.717) is 5.15 Å². The number of nitrogens with zero attached hydrogens (tertiary/aromatic N) is 2. The van der Waals surface area contributed by atoms with E-state index in [1.54, 1.807) is 12.4 Å². The van der Waals surface area contributed by atoms with Gasteiger partial charge in [0.15, 0.2) is 0 Å². The fourth-order valence-corrected chi connectivity index (χ4v) is 2.46. The van der Waals surface area contributed by atoms with Crippen LogP contribution in [0, 0.1) is 6.92 Å². The van der Waals surface area contributed by atoms with E-state index < -0.39 is 0 Å². The maximum Gasteiger partial charge on any atom is 0.147 e. The van der Waals surface area contributed by atoms with Gasteiger partial charge in [0.2, 0.25) is 0 Å². The molecule has 0 unspecified atom stereocenters. The number of halogens is 1. The molecule has 0 amide bonds. The van der Waals surface area contributed by atoms with Crippen LogP contribution in [0.5, 0.6) is 0 Å². The SMILES string of the molecule is Cc1cccc(CSCc2cnc(Cl)cn2)c1. The third-order valence-corrected chi connectivity index (χ3v) is 3.51. The first-order chi connectivity index (χ1) is 8.24. The Hall–Kier alpha value is -1.06. The second-order valence-corrected chi connectivity index (χ2v) is 5.19. The van der Waals surface area contributed by atoms with Crippen molar-refractivity contribution in [3.63, 3.8) is 0 Å². The van der Waals surface area contributed by atoms with E-state index in [0.717, 1.165) is 17.2 Å². The standard InChI is InChI=1S/C13H13ClN2S/c1-10-3-2-4-11(5-10)8-17-9-12-6-16-13(14)7-15-12/h2-7H,8-9H2,1H3. The van der Waals surface area contributed by atoms with Crippen molar-refractivity contribution in [1.29, 1.82) is 0 Å². The molecule has 2 aromatic rings. The van der Waals surface area contributed by atoms with Crippen LogP contribution in [0.3, 0.4) is 0 Å². The molecular weight excluding hydrogens is 252 g/mol. The molecule has 2 nitrogen and oxygen atoms in total. The maximum absolute atomic E-state index is 5.68. The van der Waals surface area contributed by atoms with Gasteiger partial charge in [-0.1, -0.05) is 41.4 Å². The average molecular weight is 265 g/mol. The lowest BCUT2D eigenvalue weighted by Crippen LogP contribution is -1.89. The first-order valence-electron chi connectivity index (χ1n) is 5.34. The molecule has 0 N–H and O–H groups in total. The molecule has 0 atom stereocenters. The van der Waals surface area contributed by atoms with Crippen molar-refractivity contribution in [2.45, 2.75) is 18.4 Å². The van der Waals surface area contributed by atoms with E-state index >= 15 is 0 Å². The molecule has 0 aliphatic carbocycles. The Kier molecular flexibility index (Phi) is 4.40. The third kappa shape index (κ3) is 4.02. The van der Waals surface area contributed by atoms with Crippen LogP contribution < -0.4 is 0 Å². The Morgan fingerprint density at radius 3 is 2.76 bits per heavy atom. The molecular formula is C13H13ClN2S. The van der Waals surface area contributed by atoms with Gasteiger partial charge in [0.05, 0.1) is 18.1 Å². The molecule has 4 heteroatoms. The summed E-state index contributed by atoms with van der Waals surface area (Å²) in [5, 5.41) is 0.442. The fraction of sp³-hybridized carbons (Fsp3) is 0.231. The second kappa shape index (κ2) is 6.03. The number of rotatable bonds is 4. The summed E-state index contributed by atoms with van der Waals surface area (Å²) < 4.78 is 0. The van der Waals surface area contributed by atoms with Crippen LogP contribution in [0.1, 0.15) is 16.8 Å². The molecule has 0 fully saturated rings. The predicted molar refractivity (Wildman–Crippen MR) is 73.2 cm³/mol. The lowest BCUT2D eigenvalue weighted by atomic mass is 10.2. The van der Waals surface area contributed by atoms with Crippen LogP contribution >= 0.6 is 23.4 Å². The van der Waals surface area contributed by atoms with Crippen molar-refractivity contribution in [2.75, 3.05) is 0 Å². The zero-order valence-corrected chi connectivity index (χ0v) is 11.1. The normalized spacial score (nSPS) is 10.5. The van der Waals surface area contributed by atoms with Gasteiger partial charge in [0.25, 0.3) is 0 Å². The van der Waals surface area contributed by atoms with E-state index in [-0.39, 0.29) is 0 Å². The lowest BCUT2D eigenvalue weighted by Gasteiger charge is -2.02. The van der Waals surface area contributed by atoms with Gasteiger partial charge in [-0.25, -0.2) is 4.98 Å². The van der Waals surface area contributed by atoms with Crippen LogP contribution in [0.4, 0.5) is 0 Å². The predicted octanol–water partition coefficient (Wildman–Crippen LogP) is 3.87. The number of hydrogen-bond acceptors (Lipinski definition) is 3. The summed E-state index contributed by atoms with van der Waals surface area (Å²) in [4.78, 5) is 8.22. The summed E-state index contributed by atoms with van der Waals surface area (Å²) >= 11 is 7.51. The molecule has 0 aliphatic rings. The average Bonchev–Trinajstić information content (AvgIpc) is 2.32. The lowest BCUT2D eigenvalue weighted by molar-refractivity contribution is 1.10. The van der Waals surface area contributed by atoms with E-state index in [1.807, 2.05) is 11.8 Å². The smallest absolute Gasteiger partial charge is 0.147 e. The van der Waals surface area contributed by atoms with E-state index in [2.05, 4.69) is 41.2 Å². The minimum Gasteiger partial charge on any atom is -0.256 e. The number of hydrogen-bond donors (Lipinski definition) is 0. The van der Waals surface area contributed by atoms with Gasteiger partial charge < -0.3 is 0 Å². The largest absolute Gasteiger partial charge is 0.256 e. The quantitative estimate of drug-likeness (QED) is 0.838. The summed E-state index contributed by atoms with van der Waals surface area (Å²) in [6.07, 6.45) is 3.32. The van der Waals surface area contributed by atoms with Gasteiger partial charge in [0.1, 0.15) is 5.15 Å². The van der Waals surface area contributed by atoms with Gasteiger partial charge in [-0.2, -0.15) is 11.8 Å². The van der Waals surface area contributed by atoms with Crippen LogP contribution in [0.2, 0.25) is 5.15 Å². The summed E-state index contributed by atoms with van der Waals surface area (Å²) in [5.74, 6) is 1.85. The van der Waals surface area contributed by atoms with E-state index in [4.69, 9.17) is 11.6 Å². The maximum atomic E-state index is 5.68. The van der Waals surface area contributed by atoms with Crippen molar-refractivity contribution >= 4 is 23.4 Å². The van der Waals surface area contributed by atoms with E-state index in [1.165, 1.54) is 11.1 Å². The highest BCUT2D eigenvalue weighted by Crippen LogP contribution is 2.17. The molecule has 1 aromatic carbocycles. The Morgan fingerprint density at radius 2 is 2.06 bits per heavy atom. The zero-order chi connectivity index (χ0) is 12.1.